The van der Waals surface area contributed by atoms with E-state index in [1.165, 1.54) is 25.8 Å². The van der Waals surface area contributed by atoms with E-state index in [9.17, 15) is 0 Å². The Bertz CT molecular complexity index is 224. The van der Waals surface area contributed by atoms with Gasteiger partial charge in [0.2, 0.25) is 0 Å². The van der Waals surface area contributed by atoms with Crippen LogP contribution in [0.5, 0.6) is 0 Å². The lowest BCUT2D eigenvalue weighted by Gasteiger charge is -2.34. The van der Waals surface area contributed by atoms with E-state index in [2.05, 4.69) is 18.0 Å². The molecule has 2 bridgehead atoms. The quantitative estimate of drug-likeness (QED) is 0.694. The monoisotopic (exact) mass is 195 g/mol. The molecule has 2 heterocycles. The van der Waals surface area contributed by atoms with Crippen molar-refractivity contribution in [2.75, 3.05) is 20.2 Å². The fraction of sp³-hybridized carbons (Fsp3) is 0.833. The summed E-state index contributed by atoms with van der Waals surface area (Å²) in [5.74, 6) is 0.783. The second kappa shape index (κ2) is 4.45. The van der Waals surface area contributed by atoms with Crippen LogP contribution in [0.2, 0.25) is 0 Å². The van der Waals surface area contributed by atoms with E-state index in [-0.39, 0.29) is 0 Å². The molecular weight excluding hydrogens is 174 g/mol. The molecule has 0 aromatic heterocycles. The highest BCUT2D eigenvalue weighted by molar-refractivity contribution is 5.13. The molecule has 2 atom stereocenters. The first kappa shape index (κ1) is 10.2. The molecular formula is C12H21NO. The van der Waals surface area contributed by atoms with Crippen molar-refractivity contribution in [3.8, 4) is 0 Å². The number of rotatable bonds is 3. The molecule has 2 heteroatoms. The van der Waals surface area contributed by atoms with Gasteiger partial charge in [0.25, 0.3) is 0 Å². The summed E-state index contributed by atoms with van der Waals surface area (Å²) in [6, 6.07) is 0.790. The van der Waals surface area contributed by atoms with Crippen LogP contribution in [0.15, 0.2) is 11.6 Å². The minimum absolute atomic E-state index is 0.337. The number of aliphatic hydroxyl groups is 1. The first-order valence-corrected chi connectivity index (χ1v) is 5.81. The Morgan fingerprint density at radius 2 is 2.36 bits per heavy atom. The van der Waals surface area contributed by atoms with Gasteiger partial charge in [-0.25, -0.2) is 0 Å². The number of nitrogens with zero attached hydrogens (tertiary/aromatic N) is 1. The Hall–Kier alpha value is -0.340. The molecule has 80 valence electrons. The van der Waals surface area contributed by atoms with Gasteiger partial charge in [-0.15, -0.1) is 0 Å². The maximum Gasteiger partial charge on any atom is 0.0434 e. The van der Waals surface area contributed by atoms with Crippen molar-refractivity contribution in [2.24, 2.45) is 5.92 Å². The Balaban J connectivity index is 2.00. The van der Waals surface area contributed by atoms with Crippen molar-refractivity contribution in [2.45, 2.75) is 38.1 Å². The molecule has 14 heavy (non-hydrogen) atoms. The van der Waals surface area contributed by atoms with Gasteiger partial charge in [0.15, 0.2) is 0 Å². The summed E-state index contributed by atoms with van der Waals surface area (Å²) in [4.78, 5) is 2.51. The second-order valence-electron chi connectivity index (χ2n) is 4.71. The lowest BCUT2D eigenvalue weighted by Crippen LogP contribution is -2.38. The van der Waals surface area contributed by atoms with Crippen LogP contribution in [0.3, 0.4) is 0 Å². The lowest BCUT2D eigenvalue weighted by atomic mass is 9.89. The molecule has 0 saturated carbocycles. The molecule has 0 aromatic rings. The number of fused-ring (bicyclic) bond motifs is 3. The molecule has 2 aliphatic heterocycles. The highest BCUT2D eigenvalue weighted by Crippen LogP contribution is 2.34. The van der Waals surface area contributed by atoms with E-state index in [0.29, 0.717) is 6.61 Å². The highest BCUT2D eigenvalue weighted by atomic mass is 16.2. The van der Waals surface area contributed by atoms with Gasteiger partial charge in [-0.2, -0.15) is 0 Å². The van der Waals surface area contributed by atoms with E-state index < -0.39 is 0 Å². The number of hydrogen-bond donors (Lipinski definition) is 1. The Kier molecular flexibility index (Phi) is 3.24. The maximum absolute atomic E-state index is 8.85. The third kappa shape index (κ3) is 2.01. The molecule has 1 N–H and O–H groups in total. The van der Waals surface area contributed by atoms with Gasteiger partial charge in [-0.1, -0.05) is 11.6 Å². The molecule has 0 aromatic carbocycles. The maximum atomic E-state index is 8.85. The Morgan fingerprint density at radius 1 is 1.50 bits per heavy atom. The molecule has 1 aliphatic carbocycles. The standard InChI is InChI=1S/C12H21NO/c1-13-9-11-5-7-12(13)6-4-10(11)3-2-8-14/h4,11-12,14H,2-3,5-9H2,1H3. The Morgan fingerprint density at radius 3 is 3.07 bits per heavy atom. The van der Waals surface area contributed by atoms with Crippen LogP contribution in [-0.2, 0) is 0 Å². The van der Waals surface area contributed by atoms with E-state index in [1.54, 1.807) is 5.57 Å². The number of aliphatic hydroxyl groups excluding tert-OH is 1. The fourth-order valence-corrected chi connectivity index (χ4v) is 2.85. The van der Waals surface area contributed by atoms with Crippen LogP contribution in [-0.4, -0.2) is 36.2 Å². The molecule has 0 spiro atoms. The van der Waals surface area contributed by atoms with E-state index in [0.717, 1.165) is 24.8 Å². The van der Waals surface area contributed by atoms with Crippen molar-refractivity contribution < 1.29 is 5.11 Å². The van der Waals surface area contributed by atoms with E-state index in [4.69, 9.17) is 5.11 Å². The van der Waals surface area contributed by atoms with Crippen molar-refractivity contribution in [3.05, 3.63) is 11.6 Å². The second-order valence-corrected chi connectivity index (χ2v) is 4.71. The molecule has 1 saturated heterocycles. The summed E-state index contributed by atoms with van der Waals surface area (Å²) < 4.78 is 0. The predicted molar refractivity (Wildman–Crippen MR) is 58.2 cm³/mol. The van der Waals surface area contributed by atoms with E-state index in [1.807, 2.05) is 0 Å². The summed E-state index contributed by atoms with van der Waals surface area (Å²) in [5.41, 5.74) is 1.62. The molecule has 1 fully saturated rings. The first-order chi connectivity index (χ1) is 6.81. The predicted octanol–water partition coefficient (Wildman–Crippen LogP) is 1.80. The summed E-state index contributed by atoms with van der Waals surface area (Å²) in [7, 11) is 2.25. The number of hydrogen-bond acceptors (Lipinski definition) is 2. The van der Waals surface area contributed by atoms with Gasteiger partial charge >= 0.3 is 0 Å². The van der Waals surface area contributed by atoms with Gasteiger partial charge in [-0.3, -0.25) is 0 Å². The van der Waals surface area contributed by atoms with Crippen LogP contribution in [0, 0.1) is 5.92 Å². The SMILES string of the molecule is CN1CC2CCC1CC=C2CCCO. The van der Waals surface area contributed by atoms with Crippen molar-refractivity contribution in [3.63, 3.8) is 0 Å². The van der Waals surface area contributed by atoms with Gasteiger partial charge in [-0.05, 0) is 45.1 Å². The molecule has 3 aliphatic rings. The largest absolute Gasteiger partial charge is 0.396 e. The van der Waals surface area contributed by atoms with Crippen LogP contribution in [0.1, 0.15) is 32.1 Å². The summed E-state index contributed by atoms with van der Waals surface area (Å²) in [5, 5.41) is 8.85. The minimum Gasteiger partial charge on any atom is -0.396 e. The van der Waals surface area contributed by atoms with Gasteiger partial charge in [0.05, 0.1) is 0 Å². The minimum atomic E-state index is 0.337. The third-order valence-electron chi connectivity index (χ3n) is 3.78. The first-order valence-electron chi connectivity index (χ1n) is 5.81. The van der Waals surface area contributed by atoms with Crippen LogP contribution < -0.4 is 0 Å². The average molecular weight is 195 g/mol. The van der Waals surface area contributed by atoms with Crippen LogP contribution in [0.25, 0.3) is 0 Å². The normalized spacial score (nSPS) is 32.9. The average Bonchev–Trinajstić information content (AvgIpc) is 2.46. The summed E-state index contributed by atoms with van der Waals surface area (Å²) in [6.07, 6.45) is 8.46. The Labute approximate surface area is 86.6 Å². The lowest BCUT2D eigenvalue weighted by molar-refractivity contribution is 0.161. The molecule has 2 nitrogen and oxygen atoms in total. The summed E-state index contributed by atoms with van der Waals surface area (Å²) >= 11 is 0. The summed E-state index contributed by atoms with van der Waals surface area (Å²) in [6.45, 7) is 1.57. The number of piperidine rings is 1. The van der Waals surface area contributed by atoms with Crippen molar-refractivity contribution in [1.82, 2.24) is 4.90 Å². The smallest absolute Gasteiger partial charge is 0.0434 e. The topological polar surface area (TPSA) is 23.5 Å². The van der Waals surface area contributed by atoms with Crippen molar-refractivity contribution in [1.29, 1.82) is 0 Å². The zero-order chi connectivity index (χ0) is 9.97. The highest BCUT2D eigenvalue weighted by Gasteiger charge is 2.29. The fourth-order valence-electron chi connectivity index (χ4n) is 2.85. The molecule has 3 rings (SSSR count). The zero-order valence-electron chi connectivity index (χ0n) is 9.08. The van der Waals surface area contributed by atoms with Crippen LogP contribution >= 0.6 is 0 Å². The zero-order valence-corrected chi connectivity index (χ0v) is 9.08. The van der Waals surface area contributed by atoms with Gasteiger partial charge in [0.1, 0.15) is 0 Å². The van der Waals surface area contributed by atoms with Crippen LogP contribution in [0.4, 0.5) is 0 Å². The van der Waals surface area contributed by atoms with Gasteiger partial charge in [0, 0.05) is 19.2 Å². The molecule has 2 unspecified atom stereocenters. The molecule has 0 amide bonds. The molecule has 0 radical (unpaired) electrons. The van der Waals surface area contributed by atoms with Crippen molar-refractivity contribution >= 4 is 0 Å². The van der Waals surface area contributed by atoms with E-state index >= 15 is 0 Å². The third-order valence-corrected chi connectivity index (χ3v) is 3.78. The van der Waals surface area contributed by atoms with Gasteiger partial charge < -0.3 is 10.0 Å².